The number of para-hydroxylation sites is 2. The fourth-order valence-corrected chi connectivity index (χ4v) is 3.27. The van der Waals surface area contributed by atoms with Gasteiger partial charge in [0.15, 0.2) is 11.2 Å². The minimum absolute atomic E-state index is 0.0686. The number of nitrogens with one attached hydrogen (secondary N) is 2. The fraction of sp³-hybridized carbons (Fsp3) is 0.333. The highest BCUT2D eigenvalue weighted by atomic mass is 35.5. The number of hydrogen-bond acceptors (Lipinski definition) is 4. The number of aromatic nitrogens is 1. The molecule has 1 aliphatic rings. The number of piperazine rings is 1. The maximum absolute atomic E-state index is 12.5. The molecule has 0 aliphatic carbocycles. The van der Waals surface area contributed by atoms with Gasteiger partial charge in [-0.2, -0.15) is 0 Å². The Labute approximate surface area is 152 Å². The van der Waals surface area contributed by atoms with E-state index in [-0.39, 0.29) is 11.9 Å². The van der Waals surface area contributed by atoms with Gasteiger partial charge in [-0.1, -0.05) is 23.7 Å². The molecule has 132 valence electrons. The summed E-state index contributed by atoms with van der Waals surface area (Å²) in [5.74, 6) is 0.226. The molecule has 1 aromatic heterocycles. The smallest absolute Gasteiger partial charge is 0.282 e. The van der Waals surface area contributed by atoms with Crippen LogP contribution in [-0.4, -0.2) is 48.2 Å². The van der Waals surface area contributed by atoms with Gasteiger partial charge in [0.1, 0.15) is 5.75 Å². The van der Waals surface area contributed by atoms with Crippen molar-refractivity contribution in [3.63, 3.8) is 0 Å². The SMILES string of the molecule is C[C@H](C(=O)Nc1cccnc1Cl)[NH+]1CCN(c2ccccc2O)CC1. The molecule has 0 unspecified atom stereocenters. The van der Waals surface area contributed by atoms with Gasteiger partial charge in [-0.15, -0.1) is 0 Å². The van der Waals surface area contributed by atoms with Crippen LogP contribution in [0.5, 0.6) is 5.75 Å². The third-order valence-electron chi connectivity index (χ3n) is 4.65. The molecule has 0 spiro atoms. The van der Waals surface area contributed by atoms with Crippen LogP contribution in [0, 0.1) is 0 Å². The number of pyridine rings is 1. The van der Waals surface area contributed by atoms with Crippen molar-refractivity contribution in [1.29, 1.82) is 0 Å². The van der Waals surface area contributed by atoms with Crippen LogP contribution < -0.4 is 15.1 Å². The quantitative estimate of drug-likeness (QED) is 0.715. The number of carbonyl (C=O) groups is 1. The number of nitrogens with zero attached hydrogens (tertiary/aromatic N) is 2. The molecule has 6 nitrogen and oxygen atoms in total. The second-order valence-electron chi connectivity index (χ2n) is 6.19. The molecule has 1 amide bonds. The molecule has 1 fully saturated rings. The molecular formula is C18H22ClN4O2+. The number of phenolic OH excluding ortho intramolecular Hbond substituents is 1. The molecule has 2 aromatic rings. The lowest BCUT2D eigenvalue weighted by atomic mass is 10.2. The summed E-state index contributed by atoms with van der Waals surface area (Å²) in [4.78, 5) is 19.8. The summed E-state index contributed by atoms with van der Waals surface area (Å²) in [6.45, 7) is 5.15. The summed E-state index contributed by atoms with van der Waals surface area (Å²) in [6, 6.07) is 10.6. The maximum Gasteiger partial charge on any atom is 0.282 e. The Balaban J connectivity index is 1.58. The van der Waals surface area contributed by atoms with Gasteiger partial charge >= 0.3 is 0 Å². The molecule has 3 rings (SSSR count). The third-order valence-corrected chi connectivity index (χ3v) is 4.95. The van der Waals surface area contributed by atoms with Gasteiger partial charge in [-0.25, -0.2) is 4.98 Å². The number of anilines is 2. The Kier molecular flexibility index (Phi) is 5.40. The highest BCUT2D eigenvalue weighted by Crippen LogP contribution is 2.26. The standard InChI is InChI=1S/C18H21ClN4O2/c1-13(18(25)21-14-5-4-8-20-17(14)19)22-9-11-23(12-10-22)15-6-2-3-7-16(15)24/h2-8,13,24H,9-12H2,1H3,(H,21,25)/p+1/t13-/m1/s1. The predicted molar refractivity (Wildman–Crippen MR) is 98.4 cm³/mol. The minimum atomic E-state index is -0.192. The number of halogens is 1. The van der Waals surface area contributed by atoms with Crippen LogP contribution in [0.4, 0.5) is 11.4 Å². The van der Waals surface area contributed by atoms with E-state index in [1.54, 1.807) is 24.4 Å². The first-order valence-electron chi connectivity index (χ1n) is 8.35. The predicted octanol–water partition coefficient (Wildman–Crippen LogP) is 1.17. The van der Waals surface area contributed by atoms with E-state index in [4.69, 9.17) is 11.6 Å². The fourth-order valence-electron chi connectivity index (χ4n) is 3.11. The van der Waals surface area contributed by atoms with Gasteiger partial charge in [-0.05, 0) is 31.2 Å². The van der Waals surface area contributed by atoms with Crippen LogP contribution in [-0.2, 0) is 4.79 Å². The first kappa shape index (κ1) is 17.5. The summed E-state index contributed by atoms with van der Waals surface area (Å²) in [5, 5.41) is 13.1. The molecular weight excluding hydrogens is 340 g/mol. The van der Waals surface area contributed by atoms with Crippen LogP contribution in [0.25, 0.3) is 0 Å². The summed E-state index contributed by atoms with van der Waals surface area (Å²) in [6.07, 6.45) is 1.59. The van der Waals surface area contributed by atoms with Crippen molar-refractivity contribution in [2.45, 2.75) is 13.0 Å². The number of carbonyl (C=O) groups excluding carboxylic acids is 1. The van der Waals surface area contributed by atoms with E-state index >= 15 is 0 Å². The molecule has 0 bridgehead atoms. The van der Waals surface area contributed by atoms with Gasteiger partial charge in [0.25, 0.3) is 5.91 Å². The Morgan fingerprint density at radius 2 is 2.00 bits per heavy atom. The highest BCUT2D eigenvalue weighted by Gasteiger charge is 2.30. The Morgan fingerprint density at radius 1 is 1.28 bits per heavy atom. The lowest BCUT2D eigenvalue weighted by molar-refractivity contribution is -0.914. The molecule has 1 saturated heterocycles. The maximum atomic E-state index is 12.5. The summed E-state index contributed by atoms with van der Waals surface area (Å²) < 4.78 is 0. The zero-order valence-electron chi connectivity index (χ0n) is 14.1. The number of hydrogen-bond donors (Lipinski definition) is 3. The lowest BCUT2D eigenvalue weighted by Crippen LogP contribution is -3.19. The summed E-state index contributed by atoms with van der Waals surface area (Å²) >= 11 is 6.00. The number of aromatic hydroxyl groups is 1. The van der Waals surface area contributed by atoms with E-state index < -0.39 is 0 Å². The summed E-state index contributed by atoms with van der Waals surface area (Å²) in [5.41, 5.74) is 1.38. The van der Waals surface area contributed by atoms with Crippen LogP contribution in [0.3, 0.4) is 0 Å². The molecule has 7 heteroatoms. The van der Waals surface area contributed by atoms with Gasteiger partial charge in [0.05, 0.1) is 37.6 Å². The molecule has 25 heavy (non-hydrogen) atoms. The lowest BCUT2D eigenvalue weighted by Gasteiger charge is -2.36. The minimum Gasteiger partial charge on any atom is -0.506 e. The first-order chi connectivity index (χ1) is 12.1. The number of phenols is 1. The Bertz CT molecular complexity index is 747. The number of quaternary nitrogens is 1. The van der Waals surface area contributed by atoms with Crippen LogP contribution in [0.2, 0.25) is 5.15 Å². The van der Waals surface area contributed by atoms with Gasteiger partial charge in [0.2, 0.25) is 0 Å². The zero-order chi connectivity index (χ0) is 17.8. The average Bonchev–Trinajstić information content (AvgIpc) is 2.63. The van der Waals surface area contributed by atoms with E-state index in [1.165, 1.54) is 4.90 Å². The highest BCUT2D eigenvalue weighted by molar-refractivity contribution is 6.32. The second-order valence-corrected chi connectivity index (χ2v) is 6.54. The molecule has 1 atom stereocenters. The van der Waals surface area contributed by atoms with Crippen molar-refractivity contribution in [2.24, 2.45) is 0 Å². The molecule has 0 saturated carbocycles. The zero-order valence-corrected chi connectivity index (χ0v) is 14.8. The summed E-state index contributed by atoms with van der Waals surface area (Å²) in [7, 11) is 0. The Morgan fingerprint density at radius 3 is 2.68 bits per heavy atom. The second kappa shape index (κ2) is 7.72. The van der Waals surface area contributed by atoms with Gasteiger partial charge in [-0.3, -0.25) is 4.79 Å². The number of amides is 1. The van der Waals surface area contributed by atoms with Crippen molar-refractivity contribution >= 4 is 28.9 Å². The molecule has 2 heterocycles. The normalized spacial score (nSPS) is 16.5. The molecule has 1 aromatic carbocycles. The van der Waals surface area contributed by atoms with Crippen LogP contribution in [0.1, 0.15) is 6.92 Å². The van der Waals surface area contributed by atoms with Crippen LogP contribution in [0.15, 0.2) is 42.6 Å². The largest absolute Gasteiger partial charge is 0.506 e. The van der Waals surface area contributed by atoms with Crippen molar-refractivity contribution in [2.75, 3.05) is 36.4 Å². The first-order valence-corrected chi connectivity index (χ1v) is 8.73. The molecule has 1 aliphatic heterocycles. The number of benzene rings is 1. The van der Waals surface area contributed by atoms with E-state index in [1.807, 2.05) is 25.1 Å². The van der Waals surface area contributed by atoms with Crippen LogP contribution >= 0.6 is 11.6 Å². The molecule has 3 N–H and O–H groups in total. The average molecular weight is 362 g/mol. The van der Waals surface area contributed by atoms with Crippen molar-refractivity contribution < 1.29 is 14.8 Å². The third kappa shape index (κ3) is 4.03. The van der Waals surface area contributed by atoms with Crippen molar-refractivity contribution in [3.8, 4) is 5.75 Å². The van der Waals surface area contributed by atoms with E-state index in [2.05, 4.69) is 15.2 Å². The molecule has 0 radical (unpaired) electrons. The van der Waals surface area contributed by atoms with Crippen molar-refractivity contribution in [1.82, 2.24) is 4.98 Å². The van der Waals surface area contributed by atoms with E-state index in [9.17, 15) is 9.90 Å². The van der Waals surface area contributed by atoms with Gasteiger partial charge < -0.3 is 20.2 Å². The Hall–Kier alpha value is -2.31. The van der Waals surface area contributed by atoms with E-state index in [0.717, 1.165) is 31.9 Å². The topological polar surface area (TPSA) is 69.9 Å². The van der Waals surface area contributed by atoms with Gasteiger partial charge in [0, 0.05) is 6.20 Å². The monoisotopic (exact) mass is 361 g/mol. The van der Waals surface area contributed by atoms with Crippen molar-refractivity contribution in [3.05, 3.63) is 47.7 Å². The number of rotatable bonds is 4. The van der Waals surface area contributed by atoms with E-state index in [0.29, 0.717) is 16.6 Å².